The molecule has 1 aromatic heterocycles. The minimum Gasteiger partial charge on any atom is -0.478 e. The van der Waals surface area contributed by atoms with Gasteiger partial charge in [-0.25, -0.2) is 18.6 Å². The molecule has 0 saturated carbocycles. The van der Waals surface area contributed by atoms with Gasteiger partial charge in [-0.05, 0) is 25.5 Å². The highest BCUT2D eigenvalue weighted by Gasteiger charge is 2.15. The highest BCUT2D eigenvalue weighted by atomic mass is 19.3. The van der Waals surface area contributed by atoms with E-state index in [4.69, 9.17) is 5.11 Å². The van der Waals surface area contributed by atoms with Gasteiger partial charge in [0.2, 0.25) is 0 Å². The molecule has 1 rings (SSSR count). The van der Waals surface area contributed by atoms with Gasteiger partial charge in [0.1, 0.15) is 11.5 Å². The Kier molecular flexibility index (Phi) is 4.37. The number of hydrogen-bond donors (Lipinski definition) is 2. The fourth-order valence-corrected chi connectivity index (χ4v) is 1.22. The second kappa shape index (κ2) is 5.56. The number of nitrogens with zero attached hydrogens (tertiary/aromatic N) is 1. The molecule has 1 heterocycles. The molecule has 0 aliphatic heterocycles. The summed E-state index contributed by atoms with van der Waals surface area (Å²) in [6.07, 6.45) is -2.00. The molecule has 0 saturated heterocycles. The molecular weight excluding hydrogens is 230 g/mol. The molecule has 1 atom stereocenters. The van der Waals surface area contributed by atoms with Crippen molar-refractivity contribution >= 4 is 11.8 Å². The minimum absolute atomic E-state index is 0.0390. The molecule has 94 valence electrons. The predicted molar refractivity (Wildman–Crippen MR) is 59.5 cm³/mol. The van der Waals surface area contributed by atoms with Crippen molar-refractivity contribution in [2.45, 2.75) is 32.7 Å². The molecule has 0 spiro atoms. The first-order valence-electron chi connectivity index (χ1n) is 5.24. The molecule has 0 aliphatic rings. The first kappa shape index (κ1) is 13.3. The summed E-state index contributed by atoms with van der Waals surface area (Å²) in [7, 11) is 0. The molecule has 0 aliphatic carbocycles. The monoisotopic (exact) mass is 244 g/mol. The molecule has 17 heavy (non-hydrogen) atoms. The quantitative estimate of drug-likeness (QED) is 0.835. The average Bonchev–Trinajstić information content (AvgIpc) is 2.28. The van der Waals surface area contributed by atoms with Crippen molar-refractivity contribution in [1.29, 1.82) is 0 Å². The van der Waals surface area contributed by atoms with Crippen LogP contribution in [0.2, 0.25) is 0 Å². The van der Waals surface area contributed by atoms with E-state index in [1.54, 1.807) is 0 Å². The van der Waals surface area contributed by atoms with Crippen LogP contribution in [0.1, 0.15) is 42.7 Å². The topological polar surface area (TPSA) is 62.2 Å². The van der Waals surface area contributed by atoms with Gasteiger partial charge in [-0.1, -0.05) is 6.92 Å². The van der Waals surface area contributed by atoms with E-state index in [1.807, 2.05) is 13.8 Å². The minimum atomic E-state index is -2.79. The molecular formula is C11H14F2N2O2. The number of carbonyl (C=O) groups is 1. The van der Waals surface area contributed by atoms with Crippen molar-refractivity contribution in [2.24, 2.45) is 0 Å². The fourth-order valence-electron chi connectivity index (χ4n) is 1.22. The van der Waals surface area contributed by atoms with Gasteiger partial charge in [-0.3, -0.25) is 0 Å². The summed E-state index contributed by atoms with van der Waals surface area (Å²) in [5.41, 5.74) is -0.725. The van der Waals surface area contributed by atoms with Gasteiger partial charge in [0.15, 0.2) is 0 Å². The van der Waals surface area contributed by atoms with Crippen LogP contribution in [0.4, 0.5) is 14.6 Å². The average molecular weight is 244 g/mol. The zero-order valence-electron chi connectivity index (χ0n) is 9.58. The van der Waals surface area contributed by atoms with E-state index >= 15 is 0 Å². The van der Waals surface area contributed by atoms with Gasteiger partial charge >= 0.3 is 5.97 Å². The lowest BCUT2D eigenvalue weighted by molar-refractivity contribution is 0.0696. The molecule has 2 N–H and O–H groups in total. The van der Waals surface area contributed by atoms with Crippen LogP contribution in [0.3, 0.4) is 0 Å². The first-order chi connectivity index (χ1) is 7.93. The number of hydrogen-bond acceptors (Lipinski definition) is 3. The van der Waals surface area contributed by atoms with E-state index in [0.29, 0.717) is 0 Å². The SMILES string of the molecule is CC[C@H](C)Nc1cc(C(=O)O)cc(C(F)F)n1. The fraction of sp³-hybridized carbons (Fsp3) is 0.455. The Bertz CT molecular complexity index is 410. The van der Waals surface area contributed by atoms with E-state index in [-0.39, 0.29) is 17.4 Å². The normalized spacial score (nSPS) is 12.5. The summed E-state index contributed by atoms with van der Waals surface area (Å²) in [6, 6.07) is 2.17. The van der Waals surface area contributed by atoms with Crippen molar-refractivity contribution < 1.29 is 18.7 Å². The summed E-state index contributed by atoms with van der Waals surface area (Å²) in [6.45, 7) is 3.78. The van der Waals surface area contributed by atoms with E-state index in [2.05, 4.69) is 10.3 Å². The molecule has 4 nitrogen and oxygen atoms in total. The third-order valence-corrected chi connectivity index (χ3v) is 2.32. The number of anilines is 1. The van der Waals surface area contributed by atoms with Crippen molar-refractivity contribution in [2.75, 3.05) is 5.32 Å². The van der Waals surface area contributed by atoms with Crippen LogP contribution >= 0.6 is 0 Å². The first-order valence-corrected chi connectivity index (χ1v) is 5.24. The summed E-state index contributed by atoms with van der Waals surface area (Å²) < 4.78 is 25.1. The van der Waals surface area contributed by atoms with Gasteiger partial charge in [-0.15, -0.1) is 0 Å². The lowest BCUT2D eigenvalue weighted by Crippen LogP contribution is -2.16. The van der Waals surface area contributed by atoms with Crippen LogP contribution in [-0.2, 0) is 0 Å². The van der Waals surface area contributed by atoms with E-state index in [9.17, 15) is 13.6 Å². The molecule has 0 fully saturated rings. The summed E-state index contributed by atoms with van der Waals surface area (Å²) in [5.74, 6) is -1.09. The number of nitrogens with one attached hydrogen (secondary N) is 1. The Balaban J connectivity index is 3.08. The van der Waals surface area contributed by atoms with E-state index in [1.165, 1.54) is 6.07 Å². The lowest BCUT2D eigenvalue weighted by atomic mass is 10.2. The van der Waals surface area contributed by atoms with Crippen molar-refractivity contribution in [3.05, 3.63) is 23.4 Å². The number of aromatic nitrogens is 1. The number of aromatic carboxylic acids is 1. The Hall–Kier alpha value is -1.72. The van der Waals surface area contributed by atoms with Crippen LogP contribution in [0, 0.1) is 0 Å². The number of alkyl halides is 2. The van der Waals surface area contributed by atoms with Crippen molar-refractivity contribution in [3.63, 3.8) is 0 Å². The molecule has 1 aromatic rings. The van der Waals surface area contributed by atoms with Gasteiger partial charge in [-0.2, -0.15) is 0 Å². The number of carboxylic acids is 1. The third-order valence-electron chi connectivity index (χ3n) is 2.32. The Labute approximate surface area is 97.7 Å². The van der Waals surface area contributed by atoms with Gasteiger partial charge in [0.05, 0.1) is 5.56 Å². The molecule has 6 heteroatoms. The largest absolute Gasteiger partial charge is 0.478 e. The van der Waals surface area contributed by atoms with Crippen LogP contribution < -0.4 is 5.32 Å². The smallest absolute Gasteiger partial charge is 0.335 e. The zero-order valence-corrected chi connectivity index (χ0v) is 9.58. The highest BCUT2D eigenvalue weighted by molar-refractivity contribution is 5.88. The van der Waals surface area contributed by atoms with E-state index in [0.717, 1.165) is 12.5 Å². The third kappa shape index (κ3) is 3.65. The maximum atomic E-state index is 12.5. The second-order valence-electron chi connectivity index (χ2n) is 3.73. The summed E-state index contributed by atoms with van der Waals surface area (Å²) >= 11 is 0. The maximum Gasteiger partial charge on any atom is 0.335 e. The highest BCUT2D eigenvalue weighted by Crippen LogP contribution is 2.21. The molecule has 0 amide bonds. The van der Waals surface area contributed by atoms with Crippen molar-refractivity contribution in [3.8, 4) is 0 Å². The maximum absolute atomic E-state index is 12.5. The van der Waals surface area contributed by atoms with Crippen LogP contribution in [0.15, 0.2) is 12.1 Å². The molecule has 0 radical (unpaired) electrons. The van der Waals surface area contributed by atoms with Gasteiger partial charge < -0.3 is 10.4 Å². The molecule has 0 aromatic carbocycles. The number of halogens is 2. The Morgan fingerprint density at radius 3 is 2.65 bits per heavy atom. The van der Waals surface area contributed by atoms with Crippen molar-refractivity contribution in [1.82, 2.24) is 4.98 Å². The number of pyridine rings is 1. The zero-order chi connectivity index (χ0) is 13.0. The Morgan fingerprint density at radius 2 is 2.18 bits per heavy atom. The number of rotatable bonds is 5. The van der Waals surface area contributed by atoms with Crippen LogP contribution in [0.25, 0.3) is 0 Å². The summed E-state index contributed by atoms with van der Waals surface area (Å²) in [5, 5.41) is 11.7. The second-order valence-corrected chi connectivity index (χ2v) is 3.73. The van der Waals surface area contributed by atoms with Crippen LogP contribution in [-0.4, -0.2) is 22.1 Å². The lowest BCUT2D eigenvalue weighted by Gasteiger charge is -2.13. The number of carboxylic acid groups (broad SMARTS) is 1. The molecule has 0 unspecified atom stereocenters. The van der Waals surface area contributed by atoms with Crippen LogP contribution in [0.5, 0.6) is 0 Å². The molecule has 0 bridgehead atoms. The van der Waals surface area contributed by atoms with Gasteiger partial charge in [0.25, 0.3) is 6.43 Å². The Morgan fingerprint density at radius 1 is 1.53 bits per heavy atom. The predicted octanol–water partition coefficient (Wildman–Crippen LogP) is 2.93. The van der Waals surface area contributed by atoms with Gasteiger partial charge in [0, 0.05) is 6.04 Å². The summed E-state index contributed by atoms with van der Waals surface area (Å²) in [4.78, 5) is 14.5. The van der Waals surface area contributed by atoms with E-state index < -0.39 is 18.1 Å². The standard InChI is InChI=1S/C11H14F2N2O2/c1-3-6(2)14-9-5-7(11(16)17)4-8(15-9)10(12)13/h4-6,10H,3H2,1-2H3,(H,14,15)(H,16,17)/t6-/m0/s1.